The minimum atomic E-state index is -3.75. The lowest BCUT2D eigenvalue weighted by atomic mass is 9.92. The molecule has 0 amide bonds. The Labute approximate surface area is 126 Å². The van der Waals surface area contributed by atoms with E-state index in [1.807, 2.05) is 0 Å². The maximum Gasteiger partial charge on any atom is 0.300 e. The van der Waals surface area contributed by atoms with Crippen molar-refractivity contribution in [3.8, 4) is 0 Å². The predicted octanol–water partition coefficient (Wildman–Crippen LogP) is 3.17. The molecule has 0 spiro atoms. The van der Waals surface area contributed by atoms with Gasteiger partial charge in [-0.15, -0.1) is 11.3 Å². The van der Waals surface area contributed by atoms with Gasteiger partial charge in [-0.25, -0.2) is 13.1 Å². The fourth-order valence-electron chi connectivity index (χ4n) is 2.41. The molecule has 20 heavy (non-hydrogen) atoms. The molecule has 1 aliphatic rings. The third-order valence-electron chi connectivity index (χ3n) is 3.40. The number of halogens is 1. The molecular weight excluding hydrogens is 324 g/mol. The highest BCUT2D eigenvalue weighted by molar-refractivity contribution is 7.91. The molecule has 0 saturated heterocycles. The number of nitrogens with zero attached hydrogens (tertiary/aromatic N) is 1. The predicted molar refractivity (Wildman–Crippen MR) is 77.7 cm³/mol. The van der Waals surface area contributed by atoms with Crippen LogP contribution in [0.1, 0.15) is 33.1 Å². The van der Waals surface area contributed by atoms with Crippen LogP contribution < -0.4 is 4.72 Å². The topological polar surface area (TPSA) is 89.3 Å². The van der Waals surface area contributed by atoms with Crippen LogP contribution in [0.3, 0.4) is 0 Å². The van der Waals surface area contributed by atoms with Gasteiger partial charge in [0.2, 0.25) is 0 Å². The fourth-order valence-corrected chi connectivity index (χ4v) is 5.36. The van der Waals surface area contributed by atoms with Gasteiger partial charge in [0.1, 0.15) is 4.21 Å². The molecule has 1 N–H and O–H groups in total. The van der Waals surface area contributed by atoms with Crippen molar-refractivity contribution >= 4 is 38.6 Å². The molecule has 2 rings (SSSR count). The second kappa shape index (κ2) is 5.25. The lowest BCUT2D eigenvalue weighted by molar-refractivity contribution is -0.384. The molecular formula is C11H15ClN2O4S2. The van der Waals surface area contributed by atoms with E-state index in [0.29, 0.717) is 11.3 Å². The summed E-state index contributed by atoms with van der Waals surface area (Å²) in [6.07, 6.45) is 2.48. The number of thiophene rings is 1. The van der Waals surface area contributed by atoms with Gasteiger partial charge in [-0.1, -0.05) is 25.4 Å². The Hall–Kier alpha value is -0.700. The monoisotopic (exact) mass is 338 g/mol. The highest BCUT2D eigenvalue weighted by Gasteiger charge is 2.34. The summed E-state index contributed by atoms with van der Waals surface area (Å²) in [6, 6.07) is 0.880. The number of sulfonamides is 1. The van der Waals surface area contributed by atoms with Crippen molar-refractivity contribution in [3.63, 3.8) is 0 Å². The van der Waals surface area contributed by atoms with Crippen molar-refractivity contribution in [3.05, 3.63) is 20.5 Å². The molecule has 0 aromatic carbocycles. The van der Waals surface area contributed by atoms with Crippen molar-refractivity contribution in [2.75, 3.05) is 0 Å². The number of nitro groups is 1. The Morgan fingerprint density at radius 2 is 2.20 bits per heavy atom. The average Bonchev–Trinajstić information content (AvgIpc) is 2.82. The third kappa shape index (κ3) is 3.30. The molecule has 1 heterocycles. The molecule has 0 bridgehead atoms. The highest BCUT2D eigenvalue weighted by atomic mass is 35.5. The molecule has 1 unspecified atom stereocenters. The van der Waals surface area contributed by atoms with Gasteiger partial charge in [0.05, 0.1) is 4.92 Å². The smallest absolute Gasteiger partial charge is 0.258 e. The maximum absolute atomic E-state index is 12.2. The molecule has 1 atom stereocenters. The molecule has 6 nitrogen and oxygen atoms in total. The second-order valence-corrected chi connectivity index (χ2v) is 9.30. The van der Waals surface area contributed by atoms with Gasteiger partial charge >= 0.3 is 0 Å². The molecule has 112 valence electrons. The second-order valence-electron chi connectivity index (χ2n) is 5.71. The Bertz CT molecular complexity index is 639. The molecule has 1 aromatic heterocycles. The lowest BCUT2D eigenvalue weighted by Crippen LogP contribution is -2.33. The van der Waals surface area contributed by atoms with E-state index < -0.39 is 14.9 Å². The summed E-state index contributed by atoms with van der Waals surface area (Å²) < 4.78 is 26.8. The van der Waals surface area contributed by atoms with Crippen LogP contribution in [-0.4, -0.2) is 19.4 Å². The Morgan fingerprint density at radius 3 is 2.65 bits per heavy atom. The quantitative estimate of drug-likeness (QED) is 0.674. The summed E-state index contributed by atoms with van der Waals surface area (Å²) >= 11 is 6.40. The van der Waals surface area contributed by atoms with Crippen LogP contribution in [0.15, 0.2) is 10.3 Å². The molecule has 0 radical (unpaired) electrons. The van der Waals surface area contributed by atoms with E-state index in [9.17, 15) is 18.5 Å². The molecule has 0 aliphatic heterocycles. The fraction of sp³-hybridized carbons (Fsp3) is 0.636. The first-order valence-corrected chi connectivity index (χ1v) is 8.74. The first kappa shape index (κ1) is 15.7. The number of hydrogen-bond acceptors (Lipinski definition) is 5. The number of hydrogen-bond donors (Lipinski definition) is 1. The normalized spacial score (nSPS) is 22.1. The summed E-state index contributed by atoms with van der Waals surface area (Å²) in [6.45, 7) is 4.18. The van der Waals surface area contributed by atoms with Crippen LogP contribution in [0.25, 0.3) is 0 Å². The molecule has 9 heteroatoms. The highest BCUT2D eigenvalue weighted by Crippen LogP contribution is 2.39. The molecule has 1 aliphatic carbocycles. The average molecular weight is 339 g/mol. The summed E-state index contributed by atoms with van der Waals surface area (Å²) in [5, 5.41) is 10.7. The Morgan fingerprint density at radius 1 is 1.55 bits per heavy atom. The van der Waals surface area contributed by atoms with Crippen LogP contribution in [-0.2, 0) is 10.0 Å². The van der Waals surface area contributed by atoms with E-state index in [4.69, 9.17) is 11.6 Å². The summed E-state index contributed by atoms with van der Waals surface area (Å²) in [5.74, 6) is 0. The third-order valence-corrected chi connectivity index (χ3v) is 6.73. The van der Waals surface area contributed by atoms with Crippen LogP contribution in [0.5, 0.6) is 0 Å². The van der Waals surface area contributed by atoms with Crippen LogP contribution in [0, 0.1) is 15.5 Å². The van der Waals surface area contributed by atoms with E-state index >= 15 is 0 Å². The zero-order valence-corrected chi connectivity index (χ0v) is 13.4. The van der Waals surface area contributed by atoms with Gasteiger partial charge in [0.15, 0.2) is 4.34 Å². The zero-order chi connectivity index (χ0) is 15.1. The number of rotatable bonds is 4. The largest absolute Gasteiger partial charge is 0.300 e. The SMILES string of the molecule is CC1(C)CCC(NS(=O)(=O)c2cc([N+](=O)[O-])c(Cl)s2)C1. The number of nitrogens with one attached hydrogen (secondary N) is 1. The molecule has 1 fully saturated rings. The van der Waals surface area contributed by atoms with Crippen molar-refractivity contribution < 1.29 is 13.3 Å². The Balaban J connectivity index is 2.19. The van der Waals surface area contributed by atoms with E-state index in [1.165, 1.54) is 0 Å². The van der Waals surface area contributed by atoms with Gasteiger partial charge in [0.25, 0.3) is 15.7 Å². The summed E-state index contributed by atoms with van der Waals surface area (Å²) in [4.78, 5) is 10.0. The van der Waals surface area contributed by atoms with Crippen LogP contribution in [0.2, 0.25) is 4.34 Å². The van der Waals surface area contributed by atoms with Crippen molar-refractivity contribution in [2.24, 2.45) is 5.41 Å². The van der Waals surface area contributed by atoms with Crippen LogP contribution in [0.4, 0.5) is 5.69 Å². The van der Waals surface area contributed by atoms with Gasteiger partial charge in [-0.2, -0.15) is 0 Å². The summed E-state index contributed by atoms with van der Waals surface area (Å²) in [7, 11) is -3.75. The van der Waals surface area contributed by atoms with Gasteiger partial charge in [-0.3, -0.25) is 10.1 Å². The maximum atomic E-state index is 12.2. The minimum Gasteiger partial charge on any atom is -0.258 e. The van der Waals surface area contributed by atoms with Crippen molar-refractivity contribution in [2.45, 2.75) is 43.4 Å². The van der Waals surface area contributed by atoms with Crippen molar-refractivity contribution in [1.29, 1.82) is 0 Å². The molecule has 1 saturated carbocycles. The van der Waals surface area contributed by atoms with E-state index in [0.717, 1.165) is 25.3 Å². The van der Waals surface area contributed by atoms with E-state index in [2.05, 4.69) is 18.6 Å². The first-order chi connectivity index (χ1) is 9.11. The summed E-state index contributed by atoms with van der Waals surface area (Å²) in [5.41, 5.74) is -0.254. The van der Waals surface area contributed by atoms with Crippen molar-refractivity contribution in [1.82, 2.24) is 4.72 Å². The standard InChI is InChI=1S/C11H15ClN2O4S2/c1-11(2)4-3-7(6-11)13-20(17,18)9-5-8(14(15)16)10(12)19-9/h5,7,13H,3-4,6H2,1-2H3. The Kier molecular flexibility index (Phi) is 4.12. The zero-order valence-electron chi connectivity index (χ0n) is 11.1. The molecule has 1 aromatic rings. The van der Waals surface area contributed by atoms with E-state index in [-0.39, 0.29) is 25.7 Å². The first-order valence-electron chi connectivity index (χ1n) is 6.07. The minimum absolute atomic E-state index is 0.112. The van der Waals surface area contributed by atoms with Gasteiger partial charge < -0.3 is 0 Å². The lowest BCUT2D eigenvalue weighted by Gasteiger charge is -2.17. The van der Waals surface area contributed by atoms with Crippen LogP contribution >= 0.6 is 22.9 Å². The van der Waals surface area contributed by atoms with Gasteiger partial charge in [-0.05, 0) is 24.7 Å². The van der Waals surface area contributed by atoms with E-state index in [1.54, 1.807) is 0 Å². The van der Waals surface area contributed by atoms with Gasteiger partial charge in [0, 0.05) is 12.1 Å².